The molecule has 0 radical (unpaired) electrons. The summed E-state index contributed by atoms with van der Waals surface area (Å²) in [6, 6.07) is 18.2. The van der Waals surface area contributed by atoms with Gasteiger partial charge in [0.15, 0.2) is 0 Å². The van der Waals surface area contributed by atoms with Crippen LogP contribution in [0.4, 0.5) is 5.69 Å². The third-order valence-corrected chi connectivity index (χ3v) is 5.11. The summed E-state index contributed by atoms with van der Waals surface area (Å²) in [7, 11) is 0. The number of nitro benzene ring substituents is 1. The smallest absolute Gasteiger partial charge is 0.269 e. The van der Waals surface area contributed by atoms with E-state index in [4.69, 9.17) is 14.3 Å². The minimum absolute atomic E-state index is 0.0190. The molecule has 0 fully saturated rings. The van der Waals surface area contributed by atoms with E-state index in [0.29, 0.717) is 6.42 Å². The van der Waals surface area contributed by atoms with E-state index in [1.807, 2.05) is 48.3 Å². The molecule has 0 saturated heterocycles. The van der Waals surface area contributed by atoms with Gasteiger partial charge >= 0.3 is 0 Å². The Morgan fingerprint density at radius 1 is 1.11 bits per heavy atom. The minimum atomic E-state index is -0.464. The maximum absolute atomic E-state index is 11.0. The fourth-order valence-electron chi connectivity index (χ4n) is 3.75. The summed E-state index contributed by atoms with van der Waals surface area (Å²) in [6.45, 7) is 1.91. The SMILES string of the molecule is Cc1ccc(C2=NN3[C@H](C2)c2ccccc2O[C@@H]3c2ccc([N+](=O)[O-])cc2)o1. The molecular weight excluding hydrogens is 358 g/mol. The Labute approximate surface area is 161 Å². The first kappa shape index (κ1) is 16.6. The maximum Gasteiger partial charge on any atom is 0.269 e. The summed E-state index contributed by atoms with van der Waals surface area (Å²) >= 11 is 0. The molecule has 0 spiro atoms. The van der Waals surface area contributed by atoms with E-state index < -0.39 is 11.2 Å². The molecule has 3 aromatic rings. The average molecular weight is 375 g/mol. The Kier molecular flexibility index (Phi) is 3.68. The number of para-hydroxylation sites is 1. The second-order valence-corrected chi connectivity index (χ2v) is 6.91. The molecular formula is C21H17N3O4. The highest BCUT2D eigenvalue weighted by Crippen LogP contribution is 2.47. The molecule has 0 saturated carbocycles. The van der Waals surface area contributed by atoms with Crippen molar-refractivity contribution in [3.8, 4) is 5.75 Å². The summed E-state index contributed by atoms with van der Waals surface area (Å²) in [5.41, 5.74) is 2.80. The fourth-order valence-corrected chi connectivity index (χ4v) is 3.75. The molecule has 28 heavy (non-hydrogen) atoms. The molecule has 0 unspecified atom stereocenters. The molecule has 2 aliphatic rings. The van der Waals surface area contributed by atoms with Crippen molar-refractivity contribution in [2.75, 3.05) is 0 Å². The van der Waals surface area contributed by atoms with E-state index in [9.17, 15) is 10.1 Å². The second kappa shape index (κ2) is 6.23. The Hall–Kier alpha value is -3.61. The number of aryl methyl sites for hydroxylation is 1. The molecule has 140 valence electrons. The van der Waals surface area contributed by atoms with Gasteiger partial charge in [-0.25, -0.2) is 5.01 Å². The van der Waals surface area contributed by atoms with Crippen molar-refractivity contribution >= 4 is 11.4 Å². The van der Waals surface area contributed by atoms with Crippen LogP contribution in [0.5, 0.6) is 5.75 Å². The molecule has 1 aromatic heterocycles. The van der Waals surface area contributed by atoms with Gasteiger partial charge in [-0.15, -0.1) is 0 Å². The number of nitrogens with zero attached hydrogens (tertiary/aromatic N) is 3. The number of fused-ring (bicyclic) bond motifs is 3. The first-order valence-electron chi connectivity index (χ1n) is 9.03. The highest BCUT2D eigenvalue weighted by atomic mass is 16.6. The van der Waals surface area contributed by atoms with Gasteiger partial charge < -0.3 is 9.15 Å². The molecule has 0 N–H and O–H groups in total. The van der Waals surface area contributed by atoms with E-state index in [2.05, 4.69) is 0 Å². The van der Waals surface area contributed by atoms with E-state index in [-0.39, 0.29) is 11.7 Å². The van der Waals surface area contributed by atoms with Crippen molar-refractivity contribution in [1.82, 2.24) is 5.01 Å². The number of hydrazone groups is 1. The third kappa shape index (κ3) is 2.63. The molecule has 7 heteroatoms. The van der Waals surface area contributed by atoms with E-state index in [1.54, 1.807) is 12.1 Å². The van der Waals surface area contributed by atoms with Crippen molar-refractivity contribution in [3.63, 3.8) is 0 Å². The zero-order valence-electron chi connectivity index (χ0n) is 15.1. The molecule has 2 atom stereocenters. The lowest BCUT2D eigenvalue weighted by atomic mass is 9.97. The minimum Gasteiger partial charge on any atom is -0.464 e. The average Bonchev–Trinajstić information content (AvgIpc) is 3.34. The van der Waals surface area contributed by atoms with Gasteiger partial charge in [0.25, 0.3) is 5.69 Å². The van der Waals surface area contributed by atoms with Gasteiger partial charge in [-0.1, -0.05) is 18.2 Å². The zero-order valence-corrected chi connectivity index (χ0v) is 15.1. The highest BCUT2D eigenvalue weighted by Gasteiger charge is 2.41. The van der Waals surface area contributed by atoms with Crippen molar-refractivity contribution in [2.24, 2.45) is 5.10 Å². The first-order valence-corrected chi connectivity index (χ1v) is 9.03. The molecule has 3 heterocycles. The largest absolute Gasteiger partial charge is 0.464 e. The maximum atomic E-state index is 11.0. The molecule has 0 aliphatic carbocycles. The predicted octanol–water partition coefficient (Wildman–Crippen LogP) is 4.74. The predicted molar refractivity (Wildman–Crippen MR) is 102 cm³/mol. The number of benzene rings is 2. The standard InChI is InChI=1S/C21H17N3O4/c1-13-6-11-20(27-13)17-12-18-16-4-2-3-5-19(16)28-21(23(18)22-17)14-7-9-15(10-8-14)24(25)26/h2-11,18,21H,12H2,1H3/t18-,21-/m1/s1. The van der Waals surface area contributed by atoms with Gasteiger partial charge in [-0.05, 0) is 37.3 Å². The van der Waals surface area contributed by atoms with Crippen LogP contribution in [0.25, 0.3) is 0 Å². The normalized spacial score (nSPS) is 20.2. The summed E-state index contributed by atoms with van der Waals surface area (Å²) in [5.74, 6) is 2.40. The van der Waals surface area contributed by atoms with Gasteiger partial charge in [0.1, 0.15) is 23.0 Å². The summed E-state index contributed by atoms with van der Waals surface area (Å²) in [5, 5.41) is 17.7. The number of nitro groups is 1. The van der Waals surface area contributed by atoms with Crippen LogP contribution in [0.3, 0.4) is 0 Å². The lowest BCUT2D eigenvalue weighted by Crippen LogP contribution is -2.33. The van der Waals surface area contributed by atoms with Crippen LogP contribution >= 0.6 is 0 Å². The van der Waals surface area contributed by atoms with Crippen molar-refractivity contribution in [3.05, 3.63) is 93.4 Å². The topological polar surface area (TPSA) is 81.1 Å². The Balaban J connectivity index is 1.57. The van der Waals surface area contributed by atoms with Gasteiger partial charge in [0.05, 0.1) is 11.0 Å². The number of hydrogen-bond donors (Lipinski definition) is 0. The van der Waals surface area contributed by atoms with Gasteiger partial charge in [-0.2, -0.15) is 5.10 Å². The highest BCUT2D eigenvalue weighted by molar-refractivity contribution is 5.99. The van der Waals surface area contributed by atoms with Gasteiger partial charge in [0, 0.05) is 29.7 Å². The zero-order chi connectivity index (χ0) is 19.3. The van der Waals surface area contributed by atoms with Gasteiger partial charge in [-0.3, -0.25) is 10.1 Å². The van der Waals surface area contributed by atoms with E-state index in [1.165, 1.54) is 12.1 Å². The molecule has 0 amide bonds. The summed E-state index contributed by atoms with van der Waals surface area (Å²) in [6.07, 6.45) is 0.242. The quantitative estimate of drug-likeness (QED) is 0.488. The third-order valence-electron chi connectivity index (χ3n) is 5.11. The molecule has 2 aliphatic heterocycles. The first-order chi connectivity index (χ1) is 13.6. The molecule has 7 nitrogen and oxygen atoms in total. The van der Waals surface area contributed by atoms with Crippen LogP contribution in [0.15, 0.2) is 70.2 Å². The number of non-ortho nitro benzene ring substituents is 1. The second-order valence-electron chi connectivity index (χ2n) is 6.91. The van der Waals surface area contributed by atoms with Gasteiger partial charge in [0.2, 0.25) is 6.23 Å². The van der Waals surface area contributed by atoms with Crippen LogP contribution in [0, 0.1) is 17.0 Å². The summed E-state index contributed by atoms with van der Waals surface area (Å²) < 4.78 is 12.0. The van der Waals surface area contributed by atoms with Crippen molar-refractivity contribution in [1.29, 1.82) is 0 Å². The number of furan rings is 1. The van der Waals surface area contributed by atoms with Crippen molar-refractivity contribution < 1.29 is 14.1 Å². The Morgan fingerprint density at radius 2 is 1.89 bits per heavy atom. The Bertz CT molecular complexity index is 1090. The van der Waals surface area contributed by atoms with Crippen LogP contribution < -0.4 is 4.74 Å². The van der Waals surface area contributed by atoms with Crippen LogP contribution in [-0.4, -0.2) is 15.6 Å². The molecule has 0 bridgehead atoms. The van der Waals surface area contributed by atoms with E-state index in [0.717, 1.165) is 34.1 Å². The molecule has 2 aromatic carbocycles. The lowest BCUT2D eigenvalue weighted by molar-refractivity contribution is -0.384. The number of rotatable bonds is 3. The number of ether oxygens (including phenoxy) is 1. The monoisotopic (exact) mass is 375 g/mol. The van der Waals surface area contributed by atoms with Crippen LogP contribution in [0.2, 0.25) is 0 Å². The van der Waals surface area contributed by atoms with Crippen molar-refractivity contribution in [2.45, 2.75) is 25.6 Å². The molecule has 5 rings (SSSR count). The Morgan fingerprint density at radius 3 is 2.61 bits per heavy atom. The fraction of sp³-hybridized carbons (Fsp3) is 0.190. The van der Waals surface area contributed by atoms with Crippen LogP contribution in [-0.2, 0) is 0 Å². The summed E-state index contributed by atoms with van der Waals surface area (Å²) in [4.78, 5) is 10.6. The number of hydrogen-bond acceptors (Lipinski definition) is 6. The lowest BCUT2D eigenvalue weighted by Gasteiger charge is -2.38. The van der Waals surface area contributed by atoms with E-state index >= 15 is 0 Å². The van der Waals surface area contributed by atoms with Crippen LogP contribution in [0.1, 0.15) is 41.3 Å².